The first-order chi connectivity index (χ1) is 12.6. The SMILES string of the molecule is O=C(CSCc1ccc(F)cc1)NC1CCN(C(=O)c2ccoc2)CC1. The van der Waals surface area contributed by atoms with E-state index in [0.29, 0.717) is 30.2 Å². The number of nitrogens with zero attached hydrogens (tertiary/aromatic N) is 1. The van der Waals surface area contributed by atoms with Crippen molar-refractivity contribution in [3.05, 3.63) is 59.8 Å². The van der Waals surface area contributed by atoms with E-state index < -0.39 is 0 Å². The Morgan fingerprint density at radius 1 is 1.19 bits per heavy atom. The Labute approximate surface area is 155 Å². The molecule has 0 unspecified atom stereocenters. The fraction of sp³-hybridized carbons (Fsp3) is 0.368. The molecule has 26 heavy (non-hydrogen) atoms. The van der Waals surface area contributed by atoms with Gasteiger partial charge in [-0.15, -0.1) is 11.8 Å². The van der Waals surface area contributed by atoms with Crippen LogP contribution in [0.15, 0.2) is 47.3 Å². The number of benzene rings is 1. The van der Waals surface area contributed by atoms with Crippen LogP contribution in [0.5, 0.6) is 0 Å². The van der Waals surface area contributed by atoms with E-state index >= 15 is 0 Å². The molecule has 2 aromatic rings. The maximum absolute atomic E-state index is 12.9. The van der Waals surface area contributed by atoms with E-state index in [1.54, 1.807) is 23.1 Å². The lowest BCUT2D eigenvalue weighted by atomic mass is 10.0. The number of amides is 2. The normalized spacial score (nSPS) is 15.0. The third-order valence-corrected chi connectivity index (χ3v) is 5.33. The first kappa shape index (κ1) is 18.5. The number of piperidine rings is 1. The zero-order valence-electron chi connectivity index (χ0n) is 14.3. The molecule has 3 rings (SSSR count). The second-order valence-corrected chi connectivity index (χ2v) is 7.25. The topological polar surface area (TPSA) is 62.6 Å². The summed E-state index contributed by atoms with van der Waals surface area (Å²) in [5.41, 5.74) is 1.56. The molecular weight excluding hydrogens is 355 g/mol. The van der Waals surface area contributed by atoms with E-state index in [2.05, 4.69) is 5.32 Å². The highest BCUT2D eigenvalue weighted by Crippen LogP contribution is 2.16. The van der Waals surface area contributed by atoms with Gasteiger partial charge in [0.2, 0.25) is 5.91 Å². The van der Waals surface area contributed by atoms with E-state index in [4.69, 9.17) is 4.42 Å². The Balaban J connectivity index is 1.35. The number of carbonyl (C=O) groups is 2. The van der Waals surface area contributed by atoms with Crippen LogP contribution < -0.4 is 5.32 Å². The Morgan fingerprint density at radius 3 is 2.58 bits per heavy atom. The van der Waals surface area contributed by atoms with Gasteiger partial charge in [0, 0.05) is 24.9 Å². The molecule has 7 heteroatoms. The molecule has 2 amide bonds. The zero-order valence-corrected chi connectivity index (χ0v) is 15.1. The summed E-state index contributed by atoms with van der Waals surface area (Å²) >= 11 is 1.50. The van der Waals surface area contributed by atoms with Crippen molar-refractivity contribution in [1.82, 2.24) is 10.2 Å². The Hall–Kier alpha value is -2.28. The quantitative estimate of drug-likeness (QED) is 0.842. The molecule has 138 valence electrons. The molecule has 2 heterocycles. The number of thioether (sulfide) groups is 1. The van der Waals surface area contributed by atoms with Gasteiger partial charge in [-0.3, -0.25) is 9.59 Å². The molecule has 1 saturated heterocycles. The van der Waals surface area contributed by atoms with Gasteiger partial charge in [0.15, 0.2) is 0 Å². The van der Waals surface area contributed by atoms with Crippen molar-refractivity contribution in [2.75, 3.05) is 18.8 Å². The zero-order chi connectivity index (χ0) is 18.4. The van der Waals surface area contributed by atoms with Crippen LogP contribution in [0, 0.1) is 5.82 Å². The van der Waals surface area contributed by atoms with Crippen molar-refractivity contribution >= 4 is 23.6 Å². The van der Waals surface area contributed by atoms with Crippen LogP contribution in [-0.4, -0.2) is 41.6 Å². The summed E-state index contributed by atoms with van der Waals surface area (Å²) in [6.45, 7) is 1.25. The summed E-state index contributed by atoms with van der Waals surface area (Å²) in [6, 6.07) is 8.07. The van der Waals surface area contributed by atoms with Crippen molar-refractivity contribution in [2.45, 2.75) is 24.6 Å². The van der Waals surface area contributed by atoms with Crippen molar-refractivity contribution in [3.8, 4) is 0 Å². The van der Waals surface area contributed by atoms with Crippen LogP contribution in [0.25, 0.3) is 0 Å². The van der Waals surface area contributed by atoms with Crippen LogP contribution in [0.1, 0.15) is 28.8 Å². The number of hydrogen-bond donors (Lipinski definition) is 1. The lowest BCUT2D eigenvalue weighted by molar-refractivity contribution is -0.119. The van der Waals surface area contributed by atoms with Crippen LogP contribution in [0.3, 0.4) is 0 Å². The molecule has 5 nitrogen and oxygen atoms in total. The number of rotatable bonds is 6. The Morgan fingerprint density at radius 2 is 1.92 bits per heavy atom. The highest BCUT2D eigenvalue weighted by atomic mass is 32.2. The Kier molecular flexibility index (Phi) is 6.33. The van der Waals surface area contributed by atoms with Crippen molar-refractivity contribution in [1.29, 1.82) is 0 Å². The molecule has 1 aromatic heterocycles. The number of nitrogens with one attached hydrogen (secondary N) is 1. The average Bonchev–Trinajstić information content (AvgIpc) is 3.18. The predicted octanol–water partition coefficient (Wildman–Crippen LogP) is 3.07. The van der Waals surface area contributed by atoms with Gasteiger partial charge in [-0.05, 0) is 36.6 Å². The molecule has 0 atom stereocenters. The van der Waals surface area contributed by atoms with Crippen molar-refractivity contribution in [3.63, 3.8) is 0 Å². The lowest BCUT2D eigenvalue weighted by Crippen LogP contribution is -2.46. The molecule has 1 aliphatic rings. The van der Waals surface area contributed by atoms with Crippen LogP contribution >= 0.6 is 11.8 Å². The van der Waals surface area contributed by atoms with Crippen molar-refractivity contribution in [2.24, 2.45) is 0 Å². The van der Waals surface area contributed by atoms with Gasteiger partial charge < -0.3 is 14.6 Å². The summed E-state index contributed by atoms with van der Waals surface area (Å²) < 4.78 is 17.8. The van der Waals surface area contributed by atoms with E-state index in [1.165, 1.54) is 36.4 Å². The third-order valence-electron chi connectivity index (χ3n) is 4.33. The van der Waals surface area contributed by atoms with Crippen LogP contribution in [0.2, 0.25) is 0 Å². The summed E-state index contributed by atoms with van der Waals surface area (Å²) in [7, 11) is 0. The monoisotopic (exact) mass is 376 g/mol. The van der Waals surface area contributed by atoms with E-state index in [9.17, 15) is 14.0 Å². The van der Waals surface area contributed by atoms with Gasteiger partial charge in [0.1, 0.15) is 12.1 Å². The molecule has 1 N–H and O–H groups in total. The average molecular weight is 376 g/mol. The summed E-state index contributed by atoms with van der Waals surface area (Å²) in [5, 5.41) is 3.03. The number of hydrogen-bond acceptors (Lipinski definition) is 4. The first-order valence-electron chi connectivity index (χ1n) is 8.55. The van der Waals surface area contributed by atoms with Gasteiger partial charge in [-0.2, -0.15) is 0 Å². The molecule has 0 radical (unpaired) electrons. The molecule has 1 aromatic carbocycles. The van der Waals surface area contributed by atoms with Gasteiger partial charge in [-0.25, -0.2) is 4.39 Å². The summed E-state index contributed by atoms with van der Waals surface area (Å²) in [6.07, 6.45) is 4.44. The number of carbonyl (C=O) groups excluding carboxylic acids is 2. The fourth-order valence-electron chi connectivity index (χ4n) is 2.91. The number of halogens is 1. The molecule has 1 fully saturated rings. The Bertz CT molecular complexity index is 726. The second kappa shape index (κ2) is 8.89. The first-order valence-corrected chi connectivity index (χ1v) is 9.70. The molecule has 0 spiro atoms. The van der Waals surface area contributed by atoms with Gasteiger partial charge in [-0.1, -0.05) is 12.1 Å². The highest BCUT2D eigenvalue weighted by molar-refractivity contribution is 7.99. The minimum atomic E-state index is -0.255. The standard InChI is InChI=1S/C19H21FN2O3S/c20-16-3-1-14(2-4-16)12-26-13-18(23)21-17-5-8-22(9-6-17)19(24)15-7-10-25-11-15/h1-4,7,10-11,17H,5-6,8-9,12-13H2,(H,21,23). The third kappa shape index (κ3) is 5.11. The van der Waals surface area contributed by atoms with Gasteiger partial charge >= 0.3 is 0 Å². The largest absolute Gasteiger partial charge is 0.472 e. The minimum Gasteiger partial charge on any atom is -0.472 e. The minimum absolute atomic E-state index is 0.00303. The lowest BCUT2D eigenvalue weighted by Gasteiger charge is -2.32. The molecule has 0 aliphatic carbocycles. The maximum atomic E-state index is 12.9. The van der Waals surface area contributed by atoms with E-state index in [1.807, 2.05) is 0 Å². The second-order valence-electron chi connectivity index (χ2n) is 6.27. The van der Waals surface area contributed by atoms with Crippen LogP contribution in [-0.2, 0) is 10.5 Å². The maximum Gasteiger partial charge on any atom is 0.257 e. The number of furan rings is 1. The number of likely N-dealkylation sites (tertiary alicyclic amines) is 1. The predicted molar refractivity (Wildman–Crippen MR) is 98.3 cm³/mol. The van der Waals surface area contributed by atoms with E-state index in [-0.39, 0.29) is 23.7 Å². The molecule has 1 aliphatic heterocycles. The van der Waals surface area contributed by atoms with E-state index in [0.717, 1.165) is 18.4 Å². The summed E-state index contributed by atoms with van der Waals surface area (Å²) in [5.74, 6) is 0.751. The van der Waals surface area contributed by atoms with Gasteiger partial charge in [0.25, 0.3) is 5.91 Å². The van der Waals surface area contributed by atoms with Crippen LogP contribution in [0.4, 0.5) is 4.39 Å². The smallest absolute Gasteiger partial charge is 0.257 e. The highest BCUT2D eigenvalue weighted by Gasteiger charge is 2.24. The van der Waals surface area contributed by atoms with Crippen molar-refractivity contribution < 1.29 is 18.4 Å². The molecule has 0 saturated carbocycles. The summed E-state index contributed by atoms with van der Waals surface area (Å²) in [4.78, 5) is 26.1. The molecular formula is C19H21FN2O3S. The molecule has 0 bridgehead atoms. The fourth-order valence-corrected chi connectivity index (χ4v) is 3.71. The van der Waals surface area contributed by atoms with Gasteiger partial charge in [0.05, 0.1) is 17.6 Å².